The molecule has 0 atom stereocenters. The summed E-state index contributed by atoms with van der Waals surface area (Å²) in [5.41, 5.74) is 17.1. The number of aromatic nitrogens is 3. The van der Waals surface area contributed by atoms with E-state index in [2.05, 4.69) is 192 Å². The van der Waals surface area contributed by atoms with Crippen LogP contribution >= 0.6 is 0 Å². The Hall–Kier alpha value is -6.40. The van der Waals surface area contributed by atoms with Crippen LogP contribution in [-0.2, 0) is 10.8 Å². The smallest absolute Gasteiger partial charge is 0.137 e. The van der Waals surface area contributed by atoms with E-state index in [1.54, 1.807) is 0 Å². The first-order chi connectivity index (χ1) is 28.2. The minimum atomic E-state index is -0.00124. The van der Waals surface area contributed by atoms with E-state index in [1.807, 2.05) is 24.7 Å². The van der Waals surface area contributed by atoms with Crippen molar-refractivity contribution in [3.63, 3.8) is 0 Å². The third-order valence-corrected chi connectivity index (χ3v) is 11.9. The van der Waals surface area contributed by atoms with E-state index < -0.39 is 0 Å². The Morgan fingerprint density at radius 3 is 1.98 bits per heavy atom. The Labute approximate surface area is 348 Å². The summed E-state index contributed by atoms with van der Waals surface area (Å²) in [6.07, 6.45) is 5.78. The van der Waals surface area contributed by atoms with Crippen LogP contribution in [0, 0.1) is 27.7 Å². The number of rotatable bonds is 6. The Morgan fingerprint density at radius 2 is 1.25 bits per heavy atom. The minimum absolute atomic E-state index is 0.00124. The van der Waals surface area contributed by atoms with E-state index in [-0.39, 0.29) is 10.8 Å². The zero-order valence-corrected chi connectivity index (χ0v) is 36.0. The maximum Gasteiger partial charge on any atom is 0.137 e. The van der Waals surface area contributed by atoms with Crippen LogP contribution in [0.3, 0.4) is 0 Å². The zero-order chi connectivity index (χ0) is 41.4. The number of fused-ring (bicyclic) bond motifs is 4. The molecule has 0 spiro atoms. The van der Waals surface area contributed by atoms with Crippen LogP contribution < -0.4 is 14.5 Å². The summed E-state index contributed by atoms with van der Waals surface area (Å²) in [5.74, 6) is 2.43. The summed E-state index contributed by atoms with van der Waals surface area (Å²) in [7, 11) is 0. The SMILES string of the molecule is Cc1cc(C(C)(C)C)cc(C)c1-c1cc(C)c(N2CN(c3cccc(Oc4ccc5c6ccccc6n(-c6cc(C(C)(C)C)ccn6)c5c4)c3)c3cnccc32)c(C)c1. The third-order valence-electron chi connectivity index (χ3n) is 11.9. The van der Waals surface area contributed by atoms with Crippen LogP contribution in [0.2, 0.25) is 0 Å². The lowest BCUT2D eigenvalue weighted by Crippen LogP contribution is -2.25. The number of hydrogen-bond donors (Lipinski definition) is 0. The summed E-state index contributed by atoms with van der Waals surface area (Å²) in [5, 5.41) is 2.35. The van der Waals surface area contributed by atoms with Crippen molar-refractivity contribution in [1.82, 2.24) is 14.5 Å². The lowest BCUT2D eigenvalue weighted by Gasteiger charge is -2.27. The molecule has 4 heterocycles. The van der Waals surface area contributed by atoms with Crippen LogP contribution in [0.25, 0.3) is 38.8 Å². The second-order valence-corrected chi connectivity index (χ2v) is 18.3. The molecule has 0 saturated carbocycles. The predicted molar refractivity (Wildman–Crippen MR) is 247 cm³/mol. The van der Waals surface area contributed by atoms with Gasteiger partial charge in [-0.05, 0) is 144 Å². The van der Waals surface area contributed by atoms with Crippen molar-refractivity contribution in [2.24, 2.45) is 0 Å². The van der Waals surface area contributed by atoms with E-state index in [0.29, 0.717) is 6.67 Å². The lowest BCUT2D eigenvalue weighted by atomic mass is 9.82. The highest BCUT2D eigenvalue weighted by molar-refractivity contribution is 6.09. The number of pyridine rings is 2. The van der Waals surface area contributed by atoms with Gasteiger partial charge in [0.15, 0.2) is 0 Å². The van der Waals surface area contributed by atoms with Crippen LogP contribution in [0.1, 0.15) is 74.9 Å². The number of benzene rings is 5. The summed E-state index contributed by atoms with van der Waals surface area (Å²) in [6, 6.07) is 39.2. The van der Waals surface area contributed by atoms with Crippen molar-refractivity contribution in [2.75, 3.05) is 16.5 Å². The third kappa shape index (κ3) is 6.80. The van der Waals surface area contributed by atoms with Gasteiger partial charge < -0.3 is 14.5 Å². The molecule has 0 amide bonds. The predicted octanol–water partition coefficient (Wildman–Crippen LogP) is 14.1. The molecule has 296 valence electrons. The molecule has 0 N–H and O–H groups in total. The van der Waals surface area contributed by atoms with Gasteiger partial charge in [-0.2, -0.15) is 0 Å². The molecule has 59 heavy (non-hydrogen) atoms. The van der Waals surface area contributed by atoms with Gasteiger partial charge in [0.1, 0.15) is 24.0 Å². The second kappa shape index (κ2) is 14.2. The molecule has 3 aromatic heterocycles. The summed E-state index contributed by atoms with van der Waals surface area (Å²) in [6.45, 7) is 23.2. The Balaban J connectivity index is 1.04. The Kier molecular flexibility index (Phi) is 9.15. The van der Waals surface area contributed by atoms with Gasteiger partial charge in [-0.1, -0.05) is 77.9 Å². The molecule has 0 saturated heterocycles. The maximum absolute atomic E-state index is 6.70. The molecule has 8 aromatic rings. The minimum Gasteiger partial charge on any atom is -0.457 e. The topological polar surface area (TPSA) is 46.4 Å². The normalized spacial score (nSPS) is 13.1. The fraction of sp³-hybridized carbons (Fsp3) is 0.245. The van der Waals surface area contributed by atoms with Crippen molar-refractivity contribution in [3.8, 4) is 28.4 Å². The highest BCUT2D eigenvalue weighted by Crippen LogP contribution is 2.47. The molecule has 1 aliphatic rings. The molecule has 1 aliphatic heterocycles. The van der Waals surface area contributed by atoms with Gasteiger partial charge in [0, 0.05) is 46.7 Å². The van der Waals surface area contributed by atoms with Crippen LogP contribution in [0.15, 0.2) is 128 Å². The number of ether oxygens (including phenoxy) is 1. The molecule has 9 rings (SSSR count). The lowest BCUT2D eigenvalue weighted by molar-refractivity contribution is 0.483. The first-order valence-corrected chi connectivity index (χ1v) is 20.7. The number of aryl methyl sites for hydroxylation is 4. The quantitative estimate of drug-likeness (QED) is 0.168. The second-order valence-electron chi connectivity index (χ2n) is 18.3. The number of para-hydroxylation sites is 1. The number of nitrogens with zero attached hydrogens (tertiary/aromatic N) is 5. The molecule has 5 aromatic carbocycles. The highest BCUT2D eigenvalue weighted by Gasteiger charge is 2.31. The standard InChI is InChI=1S/C53H53N5O/c1-33-26-39(53(8,9)10)27-34(2)50(33)37-24-35(3)51(36(4)25-37)57-32-56(48-31-54-22-21-46(48)57)40-14-13-15-41(29-40)59-42-18-19-44-43-16-11-12-17-45(43)58(47(44)30-42)49-28-38(20-23-55-49)52(5,6)7/h11-31H,32H2,1-10H3. The van der Waals surface area contributed by atoms with Crippen molar-refractivity contribution >= 4 is 44.6 Å². The number of hydrogen-bond acceptors (Lipinski definition) is 5. The van der Waals surface area contributed by atoms with Crippen LogP contribution in [-0.4, -0.2) is 21.2 Å². The summed E-state index contributed by atoms with van der Waals surface area (Å²) >= 11 is 0. The molecular formula is C53H53N5O. The largest absolute Gasteiger partial charge is 0.457 e. The molecule has 6 nitrogen and oxygen atoms in total. The van der Waals surface area contributed by atoms with Crippen molar-refractivity contribution in [1.29, 1.82) is 0 Å². The first kappa shape index (κ1) is 38.1. The van der Waals surface area contributed by atoms with Gasteiger partial charge in [-0.25, -0.2) is 4.98 Å². The fourth-order valence-electron chi connectivity index (χ4n) is 9.02. The fourth-order valence-corrected chi connectivity index (χ4v) is 9.02. The molecule has 6 heteroatoms. The van der Waals surface area contributed by atoms with Crippen LogP contribution in [0.5, 0.6) is 11.5 Å². The van der Waals surface area contributed by atoms with E-state index in [1.165, 1.54) is 55.6 Å². The molecular weight excluding hydrogens is 723 g/mol. The summed E-state index contributed by atoms with van der Waals surface area (Å²) in [4.78, 5) is 14.2. The molecule has 0 unspecified atom stereocenters. The van der Waals surface area contributed by atoms with Gasteiger partial charge in [0.2, 0.25) is 0 Å². The average Bonchev–Trinajstić information content (AvgIpc) is 3.73. The molecule has 0 radical (unpaired) electrons. The Morgan fingerprint density at radius 1 is 0.559 bits per heavy atom. The van der Waals surface area contributed by atoms with E-state index >= 15 is 0 Å². The maximum atomic E-state index is 6.70. The Bertz CT molecular complexity index is 2880. The molecule has 0 bridgehead atoms. The van der Waals surface area contributed by atoms with E-state index in [4.69, 9.17) is 9.72 Å². The molecule has 0 aliphatic carbocycles. The van der Waals surface area contributed by atoms with Gasteiger partial charge in [0.25, 0.3) is 0 Å². The van der Waals surface area contributed by atoms with E-state index in [0.717, 1.165) is 50.8 Å². The van der Waals surface area contributed by atoms with E-state index in [9.17, 15) is 0 Å². The molecule has 0 fully saturated rings. The monoisotopic (exact) mass is 775 g/mol. The first-order valence-electron chi connectivity index (χ1n) is 20.7. The van der Waals surface area contributed by atoms with Crippen LogP contribution in [0.4, 0.5) is 22.7 Å². The van der Waals surface area contributed by atoms with Gasteiger partial charge in [-0.15, -0.1) is 0 Å². The van der Waals surface area contributed by atoms with Crippen molar-refractivity contribution < 1.29 is 4.74 Å². The van der Waals surface area contributed by atoms with Crippen molar-refractivity contribution in [3.05, 3.63) is 161 Å². The van der Waals surface area contributed by atoms with Crippen molar-refractivity contribution in [2.45, 2.75) is 80.1 Å². The average molecular weight is 776 g/mol. The summed E-state index contributed by atoms with van der Waals surface area (Å²) < 4.78 is 8.96. The van der Waals surface area contributed by atoms with Gasteiger partial charge in [0.05, 0.1) is 28.6 Å². The number of anilines is 4. The van der Waals surface area contributed by atoms with Gasteiger partial charge in [-0.3, -0.25) is 9.55 Å². The van der Waals surface area contributed by atoms with Gasteiger partial charge >= 0.3 is 0 Å². The zero-order valence-electron chi connectivity index (χ0n) is 36.0. The highest BCUT2D eigenvalue weighted by atomic mass is 16.5.